The highest BCUT2D eigenvalue weighted by atomic mass is 16.7. The summed E-state index contributed by atoms with van der Waals surface area (Å²) in [5.74, 6) is 4.20. The first-order valence-electron chi connectivity index (χ1n) is 1.65. The van der Waals surface area contributed by atoms with Gasteiger partial charge in [0, 0.05) is 0 Å². The highest BCUT2D eigenvalue weighted by molar-refractivity contribution is 5.63. The third-order valence-corrected chi connectivity index (χ3v) is 0.116. The van der Waals surface area contributed by atoms with Crippen molar-refractivity contribution in [3.63, 3.8) is 0 Å². The fourth-order valence-corrected chi connectivity index (χ4v) is 0. The highest BCUT2D eigenvalue weighted by Gasteiger charge is 1.77. The number of nitrogens with two attached hydrogens (primary N) is 3. The Bertz CT molecular complexity index is 98.0. The smallest absolute Gasteiger partial charge is 0.423 e. The molecule has 54 valence electrons. The van der Waals surface area contributed by atoms with Gasteiger partial charge in [0.2, 0.25) is 0 Å². The van der Waals surface area contributed by atoms with Crippen LogP contribution in [0.1, 0.15) is 0 Å². The van der Waals surface area contributed by atoms with E-state index < -0.39 is 12.2 Å². The number of amides is 2. The summed E-state index contributed by atoms with van der Waals surface area (Å²) >= 11 is 0. The zero-order valence-electron chi connectivity index (χ0n) is 4.40. The van der Waals surface area contributed by atoms with Gasteiger partial charge in [0.15, 0.2) is 0 Å². The van der Waals surface area contributed by atoms with Gasteiger partial charge in [-0.3, -0.25) is 0 Å². The van der Waals surface area contributed by atoms with Crippen molar-refractivity contribution in [1.29, 1.82) is 0 Å². The van der Waals surface area contributed by atoms with Gasteiger partial charge in [0.05, 0.1) is 0 Å². The predicted octanol–water partition coefficient (Wildman–Crippen LogP) is -1.42. The number of carbonyl (C=O) groups is 2. The van der Waals surface area contributed by atoms with Crippen LogP contribution in [0.5, 0.6) is 0 Å². The predicted molar refractivity (Wildman–Crippen MR) is 27.1 cm³/mol. The van der Waals surface area contributed by atoms with Crippen LogP contribution in [0, 0.1) is 0 Å². The molecule has 9 heavy (non-hydrogen) atoms. The number of rotatable bonds is 0. The Labute approximate surface area is 50.3 Å². The summed E-state index contributed by atoms with van der Waals surface area (Å²) < 4.78 is 0. The molecule has 0 aromatic carbocycles. The van der Waals surface area contributed by atoms with Gasteiger partial charge in [-0.15, -0.1) is 0 Å². The molecule has 7 N–H and O–H groups in total. The standard InChI is InChI=1S/CH4N2O2.CH3NO2/c2-1(4)5-3;2-1(3)4/h3H2,(H2,2,4);2H2,(H,3,4). The summed E-state index contributed by atoms with van der Waals surface area (Å²) in [5.41, 5.74) is 8.33. The minimum atomic E-state index is -1.33. The van der Waals surface area contributed by atoms with Crippen LogP contribution in [0.3, 0.4) is 0 Å². The van der Waals surface area contributed by atoms with E-state index in [2.05, 4.69) is 22.2 Å². The van der Waals surface area contributed by atoms with Gasteiger partial charge in [-0.2, -0.15) is 5.90 Å². The number of hydrogen-bond acceptors (Lipinski definition) is 4. The van der Waals surface area contributed by atoms with Crippen molar-refractivity contribution in [3.8, 4) is 0 Å². The molecule has 0 aromatic heterocycles. The molecule has 0 saturated heterocycles. The van der Waals surface area contributed by atoms with E-state index in [4.69, 9.17) is 9.90 Å². The average Bonchev–Trinajstić information content (AvgIpc) is 1.65. The van der Waals surface area contributed by atoms with Gasteiger partial charge >= 0.3 is 12.2 Å². The van der Waals surface area contributed by atoms with Crippen LogP contribution in [0.2, 0.25) is 0 Å². The zero-order valence-corrected chi connectivity index (χ0v) is 4.40. The monoisotopic (exact) mass is 137 g/mol. The van der Waals surface area contributed by atoms with Crippen molar-refractivity contribution in [3.05, 3.63) is 0 Å². The Morgan fingerprint density at radius 1 is 1.33 bits per heavy atom. The molecule has 0 atom stereocenters. The lowest BCUT2D eigenvalue weighted by molar-refractivity contribution is 0.158. The first-order valence-corrected chi connectivity index (χ1v) is 1.65. The van der Waals surface area contributed by atoms with E-state index >= 15 is 0 Å². The first kappa shape index (κ1) is 10.5. The van der Waals surface area contributed by atoms with Crippen LogP contribution < -0.4 is 17.4 Å². The molecule has 0 aliphatic carbocycles. The summed E-state index contributed by atoms with van der Waals surface area (Å²) in [7, 11) is 0. The lowest BCUT2D eigenvalue weighted by Crippen LogP contribution is -2.16. The largest absolute Gasteiger partial charge is 0.465 e. The van der Waals surface area contributed by atoms with E-state index in [0.29, 0.717) is 0 Å². The fourth-order valence-electron chi connectivity index (χ4n) is 0. The molecule has 0 bridgehead atoms. The second-order valence-electron chi connectivity index (χ2n) is 0.775. The first-order chi connectivity index (χ1) is 4.00. The van der Waals surface area contributed by atoms with Crippen LogP contribution in [0.15, 0.2) is 0 Å². The normalized spacial score (nSPS) is 6.33. The summed E-state index contributed by atoms with van der Waals surface area (Å²) in [5, 5.41) is 7.19. The Morgan fingerprint density at radius 3 is 1.44 bits per heavy atom. The second-order valence-corrected chi connectivity index (χ2v) is 0.775. The maximum Gasteiger partial charge on any atom is 0.423 e. The fraction of sp³-hybridized carbons (Fsp3) is 0. The van der Waals surface area contributed by atoms with Crippen molar-refractivity contribution in [2.75, 3.05) is 0 Å². The molecule has 0 aliphatic rings. The number of carboxylic acid groups (broad SMARTS) is 1. The molecule has 0 aromatic rings. The third-order valence-electron chi connectivity index (χ3n) is 0.116. The topological polar surface area (TPSA) is 142 Å². The van der Waals surface area contributed by atoms with Crippen LogP contribution in [0.4, 0.5) is 9.59 Å². The molecule has 2 amide bonds. The summed E-state index contributed by atoms with van der Waals surface area (Å²) in [6.07, 6.45) is -2.30. The maximum atomic E-state index is 9.24. The lowest BCUT2D eigenvalue weighted by atomic mass is 11.3. The molecule has 0 radical (unpaired) electrons. The van der Waals surface area contributed by atoms with E-state index in [1.807, 2.05) is 0 Å². The minimum absolute atomic E-state index is 0.968. The van der Waals surface area contributed by atoms with Crippen molar-refractivity contribution in [2.24, 2.45) is 17.4 Å². The lowest BCUT2D eigenvalue weighted by Gasteiger charge is -1.79. The Morgan fingerprint density at radius 2 is 1.44 bits per heavy atom. The van der Waals surface area contributed by atoms with Gasteiger partial charge in [-0.05, 0) is 0 Å². The van der Waals surface area contributed by atoms with Crippen LogP contribution in [-0.4, -0.2) is 17.3 Å². The van der Waals surface area contributed by atoms with E-state index in [-0.39, 0.29) is 0 Å². The van der Waals surface area contributed by atoms with Crippen LogP contribution in [-0.2, 0) is 4.84 Å². The SMILES string of the molecule is NC(=O)O.NOC(N)=O. The van der Waals surface area contributed by atoms with Gasteiger partial charge in [0.25, 0.3) is 0 Å². The van der Waals surface area contributed by atoms with Crippen LogP contribution in [0.25, 0.3) is 0 Å². The molecule has 0 unspecified atom stereocenters. The zero-order chi connectivity index (χ0) is 7.86. The molecule has 0 spiro atoms. The van der Waals surface area contributed by atoms with Crippen LogP contribution >= 0.6 is 0 Å². The molecule has 0 heterocycles. The molecule has 7 nitrogen and oxygen atoms in total. The minimum Gasteiger partial charge on any atom is -0.465 e. The molecule has 0 rings (SSSR count). The molecular formula is C2H7N3O4. The van der Waals surface area contributed by atoms with Gasteiger partial charge in [0.1, 0.15) is 0 Å². The quantitative estimate of drug-likeness (QED) is 0.303. The van der Waals surface area contributed by atoms with Crippen molar-refractivity contribution in [1.82, 2.24) is 0 Å². The van der Waals surface area contributed by atoms with E-state index in [9.17, 15) is 4.79 Å². The summed E-state index contributed by atoms with van der Waals surface area (Å²) in [6, 6.07) is 0. The molecule has 0 fully saturated rings. The van der Waals surface area contributed by atoms with E-state index in [1.165, 1.54) is 0 Å². The Hall–Kier alpha value is -1.50. The van der Waals surface area contributed by atoms with E-state index in [0.717, 1.165) is 0 Å². The van der Waals surface area contributed by atoms with Crippen molar-refractivity contribution in [2.45, 2.75) is 0 Å². The molecule has 0 aliphatic heterocycles. The van der Waals surface area contributed by atoms with Gasteiger partial charge in [-0.1, -0.05) is 0 Å². The van der Waals surface area contributed by atoms with Crippen molar-refractivity contribution < 1.29 is 19.5 Å². The van der Waals surface area contributed by atoms with Crippen molar-refractivity contribution >= 4 is 12.2 Å². The summed E-state index contributed by atoms with van der Waals surface area (Å²) in [6.45, 7) is 0. The number of primary amides is 2. The summed E-state index contributed by atoms with van der Waals surface area (Å²) in [4.78, 5) is 21.4. The number of hydrogen-bond donors (Lipinski definition) is 4. The highest BCUT2D eigenvalue weighted by Crippen LogP contribution is 1.49. The molecule has 7 heteroatoms. The molecular weight excluding hydrogens is 130 g/mol. The van der Waals surface area contributed by atoms with E-state index in [1.54, 1.807) is 0 Å². The van der Waals surface area contributed by atoms with Gasteiger partial charge in [-0.25, -0.2) is 9.59 Å². The van der Waals surface area contributed by atoms with Gasteiger partial charge < -0.3 is 21.4 Å². The number of carbonyl (C=O) groups excluding carboxylic acids is 1. The molecule has 0 saturated carbocycles. The average molecular weight is 137 g/mol. The third kappa shape index (κ3) is 526. The second kappa shape index (κ2) is 6.50. The maximum absolute atomic E-state index is 9.24. The Kier molecular flexibility index (Phi) is 7.57. The Balaban J connectivity index is 0.